The van der Waals surface area contributed by atoms with Crippen molar-refractivity contribution in [2.24, 2.45) is 0 Å². The van der Waals surface area contributed by atoms with Crippen molar-refractivity contribution in [2.75, 3.05) is 31.0 Å². The Morgan fingerprint density at radius 1 is 1.43 bits per heavy atom. The molecule has 0 bridgehead atoms. The first-order chi connectivity index (χ1) is 10.1. The normalized spacial score (nSPS) is 17.5. The molecule has 114 valence electrons. The number of methoxy groups -OCH3 is 1. The SMILES string of the molecule is COCC(=O)Nc1ccc(Cl)c(NC(=O)C2CCCO2)c1. The minimum atomic E-state index is -0.437. The van der Waals surface area contributed by atoms with E-state index < -0.39 is 6.10 Å². The van der Waals surface area contributed by atoms with Crippen LogP contribution in [0, 0.1) is 0 Å². The Kier molecular flexibility index (Phi) is 5.55. The standard InChI is InChI=1S/C14H17ClN2O4/c1-20-8-13(18)16-9-4-5-10(15)11(7-9)17-14(19)12-3-2-6-21-12/h4-5,7,12H,2-3,6,8H2,1H3,(H,16,18)(H,17,19). The molecule has 7 heteroatoms. The summed E-state index contributed by atoms with van der Waals surface area (Å²) in [7, 11) is 1.44. The Balaban J connectivity index is 2.04. The van der Waals surface area contributed by atoms with Gasteiger partial charge in [-0.2, -0.15) is 0 Å². The Labute approximate surface area is 127 Å². The van der Waals surface area contributed by atoms with Crippen molar-refractivity contribution < 1.29 is 19.1 Å². The molecule has 0 saturated carbocycles. The van der Waals surface area contributed by atoms with Crippen molar-refractivity contribution in [3.05, 3.63) is 23.2 Å². The van der Waals surface area contributed by atoms with Crippen LogP contribution >= 0.6 is 11.6 Å². The molecular formula is C14H17ClN2O4. The molecule has 2 rings (SSSR count). The first-order valence-electron chi connectivity index (χ1n) is 6.61. The lowest BCUT2D eigenvalue weighted by atomic mass is 10.2. The van der Waals surface area contributed by atoms with Crippen LogP contribution in [0.25, 0.3) is 0 Å². The maximum absolute atomic E-state index is 12.0. The van der Waals surface area contributed by atoms with E-state index in [-0.39, 0.29) is 18.4 Å². The van der Waals surface area contributed by atoms with Crippen molar-refractivity contribution in [1.29, 1.82) is 0 Å². The highest BCUT2D eigenvalue weighted by molar-refractivity contribution is 6.34. The van der Waals surface area contributed by atoms with E-state index in [1.807, 2.05) is 0 Å². The highest BCUT2D eigenvalue weighted by Gasteiger charge is 2.24. The molecule has 1 unspecified atom stereocenters. The van der Waals surface area contributed by atoms with Crippen LogP contribution in [0.3, 0.4) is 0 Å². The first-order valence-corrected chi connectivity index (χ1v) is 6.99. The number of nitrogens with one attached hydrogen (secondary N) is 2. The van der Waals surface area contributed by atoms with Crippen molar-refractivity contribution in [2.45, 2.75) is 18.9 Å². The predicted octanol–water partition coefficient (Wildman–Crippen LogP) is 2.04. The Morgan fingerprint density at radius 2 is 2.24 bits per heavy atom. The highest BCUT2D eigenvalue weighted by atomic mass is 35.5. The summed E-state index contributed by atoms with van der Waals surface area (Å²) in [6, 6.07) is 4.86. The molecule has 1 aliphatic rings. The Hall–Kier alpha value is -1.63. The summed E-state index contributed by atoms with van der Waals surface area (Å²) in [4.78, 5) is 23.5. The third kappa shape index (κ3) is 4.42. The lowest BCUT2D eigenvalue weighted by molar-refractivity contribution is -0.124. The average Bonchev–Trinajstić information content (AvgIpc) is 2.97. The summed E-state index contributed by atoms with van der Waals surface area (Å²) in [6.45, 7) is 0.555. The summed E-state index contributed by atoms with van der Waals surface area (Å²) in [5, 5.41) is 5.76. The smallest absolute Gasteiger partial charge is 0.253 e. The predicted molar refractivity (Wildman–Crippen MR) is 79.6 cm³/mol. The number of halogens is 1. The largest absolute Gasteiger partial charge is 0.375 e. The van der Waals surface area contributed by atoms with E-state index >= 15 is 0 Å². The summed E-state index contributed by atoms with van der Waals surface area (Å²) in [6.07, 6.45) is 1.14. The van der Waals surface area contributed by atoms with Gasteiger partial charge in [0.15, 0.2) is 0 Å². The molecule has 1 aromatic rings. The molecule has 0 aromatic heterocycles. The lowest BCUT2D eigenvalue weighted by Crippen LogP contribution is -2.27. The van der Waals surface area contributed by atoms with Crippen LogP contribution in [-0.4, -0.2) is 38.2 Å². The van der Waals surface area contributed by atoms with E-state index in [0.717, 1.165) is 6.42 Å². The van der Waals surface area contributed by atoms with E-state index in [9.17, 15) is 9.59 Å². The zero-order valence-electron chi connectivity index (χ0n) is 11.6. The number of ether oxygens (including phenoxy) is 2. The van der Waals surface area contributed by atoms with Crippen LogP contribution in [0.1, 0.15) is 12.8 Å². The number of hydrogen-bond donors (Lipinski definition) is 2. The van der Waals surface area contributed by atoms with Gasteiger partial charge in [0.25, 0.3) is 5.91 Å². The van der Waals surface area contributed by atoms with E-state index in [4.69, 9.17) is 21.1 Å². The van der Waals surface area contributed by atoms with Gasteiger partial charge in [0.05, 0.1) is 10.7 Å². The molecule has 0 aliphatic carbocycles. The fourth-order valence-electron chi connectivity index (χ4n) is 2.02. The van der Waals surface area contributed by atoms with Gasteiger partial charge in [-0.25, -0.2) is 0 Å². The summed E-state index contributed by atoms with van der Waals surface area (Å²) < 4.78 is 10.0. The van der Waals surface area contributed by atoms with Crippen LogP contribution in [0.5, 0.6) is 0 Å². The second kappa shape index (κ2) is 7.40. The monoisotopic (exact) mass is 312 g/mol. The van der Waals surface area contributed by atoms with Crippen molar-refractivity contribution in [3.8, 4) is 0 Å². The van der Waals surface area contributed by atoms with E-state index in [1.165, 1.54) is 7.11 Å². The minimum absolute atomic E-state index is 0.0414. The molecule has 0 spiro atoms. The van der Waals surface area contributed by atoms with Gasteiger partial charge in [-0.15, -0.1) is 0 Å². The number of anilines is 2. The molecule has 21 heavy (non-hydrogen) atoms. The molecule has 2 amide bonds. The van der Waals surface area contributed by atoms with Crippen molar-refractivity contribution in [1.82, 2.24) is 0 Å². The van der Waals surface area contributed by atoms with Crippen LogP contribution in [0.15, 0.2) is 18.2 Å². The average molecular weight is 313 g/mol. The number of rotatable bonds is 5. The highest BCUT2D eigenvalue weighted by Crippen LogP contribution is 2.26. The number of hydrogen-bond acceptors (Lipinski definition) is 4. The molecule has 1 fully saturated rings. The molecule has 1 heterocycles. The second-order valence-electron chi connectivity index (χ2n) is 4.67. The van der Waals surface area contributed by atoms with Gasteiger partial charge >= 0.3 is 0 Å². The maximum Gasteiger partial charge on any atom is 0.253 e. The van der Waals surface area contributed by atoms with E-state index in [2.05, 4.69) is 10.6 Å². The number of benzene rings is 1. The van der Waals surface area contributed by atoms with Gasteiger partial charge in [0.1, 0.15) is 12.7 Å². The third-order valence-electron chi connectivity index (χ3n) is 3.01. The molecule has 1 aliphatic heterocycles. The molecule has 1 aromatic carbocycles. The summed E-state index contributed by atoms with van der Waals surface area (Å²) in [5.74, 6) is -0.508. The topological polar surface area (TPSA) is 76.7 Å². The van der Waals surface area contributed by atoms with Crippen LogP contribution in [0.4, 0.5) is 11.4 Å². The van der Waals surface area contributed by atoms with Gasteiger partial charge in [-0.3, -0.25) is 9.59 Å². The Morgan fingerprint density at radius 3 is 2.90 bits per heavy atom. The third-order valence-corrected chi connectivity index (χ3v) is 3.34. The van der Waals surface area contributed by atoms with Gasteiger partial charge in [-0.05, 0) is 31.0 Å². The molecule has 2 N–H and O–H groups in total. The second-order valence-corrected chi connectivity index (χ2v) is 5.07. The van der Waals surface area contributed by atoms with Crippen LogP contribution < -0.4 is 10.6 Å². The van der Waals surface area contributed by atoms with Crippen molar-refractivity contribution >= 4 is 34.8 Å². The van der Waals surface area contributed by atoms with Gasteiger partial charge < -0.3 is 20.1 Å². The summed E-state index contributed by atoms with van der Waals surface area (Å²) in [5.41, 5.74) is 0.969. The zero-order chi connectivity index (χ0) is 15.2. The van der Waals surface area contributed by atoms with Crippen molar-refractivity contribution in [3.63, 3.8) is 0 Å². The van der Waals surface area contributed by atoms with Crippen LogP contribution in [0.2, 0.25) is 5.02 Å². The number of amides is 2. The molecular weight excluding hydrogens is 296 g/mol. The van der Waals surface area contributed by atoms with Crippen LogP contribution in [-0.2, 0) is 19.1 Å². The first kappa shape index (κ1) is 15.8. The quantitative estimate of drug-likeness (QED) is 0.872. The molecule has 6 nitrogen and oxygen atoms in total. The molecule has 1 atom stereocenters. The molecule has 1 saturated heterocycles. The van der Waals surface area contributed by atoms with Gasteiger partial charge in [0, 0.05) is 19.4 Å². The lowest BCUT2D eigenvalue weighted by Gasteiger charge is -2.13. The van der Waals surface area contributed by atoms with E-state index in [0.29, 0.717) is 29.4 Å². The molecule has 0 radical (unpaired) electrons. The summed E-state index contributed by atoms with van der Waals surface area (Å²) >= 11 is 6.05. The maximum atomic E-state index is 12.0. The number of carbonyl (C=O) groups excluding carboxylic acids is 2. The van der Waals surface area contributed by atoms with Gasteiger partial charge in [0.2, 0.25) is 5.91 Å². The van der Waals surface area contributed by atoms with Gasteiger partial charge in [-0.1, -0.05) is 11.6 Å². The zero-order valence-corrected chi connectivity index (χ0v) is 12.4. The Bertz CT molecular complexity index is 530. The number of carbonyl (C=O) groups is 2. The minimum Gasteiger partial charge on any atom is -0.375 e. The van der Waals surface area contributed by atoms with E-state index in [1.54, 1.807) is 18.2 Å². The fourth-order valence-corrected chi connectivity index (χ4v) is 2.19. The fraction of sp³-hybridized carbons (Fsp3) is 0.429.